The average Bonchev–Trinajstić information content (AvgIpc) is 2.48. The Morgan fingerprint density at radius 2 is 2.24 bits per heavy atom. The van der Waals surface area contributed by atoms with Crippen LogP contribution < -0.4 is 0 Å². The first-order valence-corrected chi connectivity index (χ1v) is 7.43. The number of aliphatic carboxylic acids is 1. The van der Waals surface area contributed by atoms with Crippen LogP contribution in [-0.4, -0.2) is 34.0 Å². The number of nitrogens with zero attached hydrogens (tertiary/aromatic N) is 2. The Kier molecular flexibility index (Phi) is 3.88. The molecule has 2 aromatic rings. The average molecular weight is 284 g/mol. The molecule has 1 aliphatic rings. The fourth-order valence-electron chi connectivity index (χ4n) is 3.03. The Morgan fingerprint density at radius 1 is 1.38 bits per heavy atom. The van der Waals surface area contributed by atoms with Crippen molar-refractivity contribution in [3.8, 4) is 0 Å². The number of carboxylic acids is 1. The maximum absolute atomic E-state index is 11.1. The predicted molar refractivity (Wildman–Crippen MR) is 82.1 cm³/mol. The molecule has 1 fully saturated rings. The van der Waals surface area contributed by atoms with E-state index in [4.69, 9.17) is 5.11 Å². The van der Waals surface area contributed by atoms with Crippen LogP contribution in [0.3, 0.4) is 0 Å². The van der Waals surface area contributed by atoms with Crippen molar-refractivity contribution in [3.05, 3.63) is 41.6 Å². The van der Waals surface area contributed by atoms with Gasteiger partial charge in [-0.1, -0.05) is 12.1 Å². The van der Waals surface area contributed by atoms with E-state index < -0.39 is 5.97 Å². The van der Waals surface area contributed by atoms with E-state index >= 15 is 0 Å². The van der Waals surface area contributed by atoms with Gasteiger partial charge in [-0.05, 0) is 50.1 Å². The molecule has 0 aliphatic carbocycles. The van der Waals surface area contributed by atoms with Gasteiger partial charge in [-0.25, -0.2) is 0 Å². The number of piperidine rings is 1. The molecule has 1 aromatic carbocycles. The number of hydrogen-bond donors (Lipinski definition) is 1. The summed E-state index contributed by atoms with van der Waals surface area (Å²) < 4.78 is 0. The highest BCUT2D eigenvalue weighted by Crippen LogP contribution is 2.21. The molecule has 1 unspecified atom stereocenters. The lowest BCUT2D eigenvalue weighted by molar-refractivity contribution is -0.143. The zero-order chi connectivity index (χ0) is 14.8. The highest BCUT2D eigenvalue weighted by molar-refractivity contribution is 5.79. The van der Waals surface area contributed by atoms with Gasteiger partial charge in [-0.15, -0.1) is 0 Å². The Labute approximate surface area is 124 Å². The monoisotopic (exact) mass is 284 g/mol. The molecule has 3 rings (SSSR count). The third kappa shape index (κ3) is 3.22. The number of aryl methyl sites for hydroxylation is 1. The lowest BCUT2D eigenvalue weighted by atomic mass is 9.97. The van der Waals surface area contributed by atoms with Crippen LogP contribution in [0.25, 0.3) is 10.9 Å². The zero-order valence-electron chi connectivity index (χ0n) is 12.2. The van der Waals surface area contributed by atoms with Gasteiger partial charge in [0.2, 0.25) is 0 Å². The van der Waals surface area contributed by atoms with E-state index in [-0.39, 0.29) is 5.92 Å². The number of fused-ring (bicyclic) bond motifs is 1. The fourth-order valence-corrected chi connectivity index (χ4v) is 3.03. The van der Waals surface area contributed by atoms with Crippen LogP contribution in [0.2, 0.25) is 0 Å². The van der Waals surface area contributed by atoms with Crippen molar-refractivity contribution in [1.29, 1.82) is 0 Å². The molecule has 21 heavy (non-hydrogen) atoms. The second-order valence-electron chi connectivity index (χ2n) is 5.89. The van der Waals surface area contributed by atoms with Crippen molar-refractivity contribution in [3.63, 3.8) is 0 Å². The van der Waals surface area contributed by atoms with E-state index in [2.05, 4.69) is 34.1 Å². The third-order valence-electron chi connectivity index (χ3n) is 4.15. The summed E-state index contributed by atoms with van der Waals surface area (Å²) in [5.41, 5.74) is 3.26. The van der Waals surface area contributed by atoms with Crippen LogP contribution in [0.1, 0.15) is 24.1 Å². The van der Waals surface area contributed by atoms with Crippen molar-refractivity contribution in [1.82, 2.24) is 9.88 Å². The van der Waals surface area contributed by atoms with Crippen LogP contribution in [0.4, 0.5) is 0 Å². The van der Waals surface area contributed by atoms with Gasteiger partial charge in [-0.3, -0.25) is 14.7 Å². The Balaban J connectivity index is 1.75. The van der Waals surface area contributed by atoms with Crippen molar-refractivity contribution in [2.75, 3.05) is 13.1 Å². The third-order valence-corrected chi connectivity index (χ3v) is 4.15. The summed E-state index contributed by atoms with van der Waals surface area (Å²) in [6, 6.07) is 10.4. The Bertz CT molecular complexity index is 669. The van der Waals surface area contributed by atoms with Gasteiger partial charge >= 0.3 is 5.97 Å². The maximum atomic E-state index is 11.1. The molecule has 0 saturated carbocycles. The molecule has 4 heteroatoms. The summed E-state index contributed by atoms with van der Waals surface area (Å²) in [5.74, 6) is -0.888. The molecule has 0 radical (unpaired) electrons. The molecule has 1 N–H and O–H groups in total. The lowest BCUT2D eigenvalue weighted by Crippen LogP contribution is -2.38. The summed E-state index contributed by atoms with van der Waals surface area (Å²) in [5, 5.41) is 10.3. The number of aromatic nitrogens is 1. The summed E-state index contributed by atoms with van der Waals surface area (Å²) in [7, 11) is 0. The second-order valence-corrected chi connectivity index (χ2v) is 5.89. The number of carbonyl (C=O) groups is 1. The second kappa shape index (κ2) is 5.82. The number of hydrogen-bond acceptors (Lipinski definition) is 3. The largest absolute Gasteiger partial charge is 0.481 e. The van der Waals surface area contributed by atoms with Gasteiger partial charge < -0.3 is 5.11 Å². The molecule has 1 atom stereocenters. The number of carboxylic acid groups (broad SMARTS) is 1. The highest BCUT2D eigenvalue weighted by Gasteiger charge is 2.25. The molecule has 1 aromatic heterocycles. The molecule has 4 nitrogen and oxygen atoms in total. The first-order valence-electron chi connectivity index (χ1n) is 7.43. The predicted octanol–water partition coefficient (Wildman–Crippen LogP) is 2.84. The quantitative estimate of drug-likeness (QED) is 0.941. The van der Waals surface area contributed by atoms with Crippen molar-refractivity contribution >= 4 is 16.9 Å². The number of benzene rings is 1. The SMILES string of the molecule is Cc1ccc2cc(CN3CCCC(C(=O)O)C3)ccc2n1. The van der Waals surface area contributed by atoms with Gasteiger partial charge in [0.25, 0.3) is 0 Å². The topological polar surface area (TPSA) is 53.4 Å². The van der Waals surface area contributed by atoms with Gasteiger partial charge in [-0.2, -0.15) is 0 Å². The molecular weight excluding hydrogens is 264 g/mol. The van der Waals surface area contributed by atoms with E-state index in [0.717, 1.165) is 42.5 Å². The normalized spacial score (nSPS) is 19.8. The van der Waals surface area contributed by atoms with Crippen molar-refractivity contribution < 1.29 is 9.90 Å². The number of pyridine rings is 1. The summed E-state index contributed by atoms with van der Waals surface area (Å²) >= 11 is 0. The zero-order valence-corrected chi connectivity index (χ0v) is 12.2. The molecule has 2 heterocycles. The smallest absolute Gasteiger partial charge is 0.307 e. The first kappa shape index (κ1) is 14.0. The molecule has 0 spiro atoms. The fraction of sp³-hybridized carbons (Fsp3) is 0.412. The standard InChI is InChI=1S/C17H20N2O2/c1-12-4-6-14-9-13(5-7-16(14)18-12)10-19-8-2-3-15(11-19)17(20)21/h4-7,9,15H,2-3,8,10-11H2,1H3,(H,20,21). The van der Waals surface area contributed by atoms with Crippen LogP contribution >= 0.6 is 0 Å². The summed E-state index contributed by atoms with van der Waals surface area (Å²) in [6.45, 7) is 4.44. The Hall–Kier alpha value is -1.94. The van der Waals surface area contributed by atoms with Gasteiger partial charge in [0, 0.05) is 24.2 Å². The van der Waals surface area contributed by atoms with Crippen molar-refractivity contribution in [2.45, 2.75) is 26.3 Å². The van der Waals surface area contributed by atoms with Gasteiger partial charge in [0.05, 0.1) is 11.4 Å². The minimum absolute atomic E-state index is 0.219. The maximum Gasteiger partial charge on any atom is 0.307 e. The summed E-state index contributed by atoms with van der Waals surface area (Å²) in [4.78, 5) is 17.9. The van der Waals surface area contributed by atoms with E-state index in [1.54, 1.807) is 0 Å². The summed E-state index contributed by atoms with van der Waals surface area (Å²) in [6.07, 6.45) is 1.76. The minimum Gasteiger partial charge on any atom is -0.481 e. The lowest BCUT2D eigenvalue weighted by Gasteiger charge is -2.30. The van der Waals surface area contributed by atoms with Crippen LogP contribution in [0, 0.1) is 12.8 Å². The van der Waals surface area contributed by atoms with E-state index in [0.29, 0.717) is 6.54 Å². The van der Waals surface area contributed by atoms with Crippen LogP contribution in [0.5, 0.6) is 0 Å². The molecular formula is C17H20N2O2. The van der Waals surface area contributed by atoms with E-state index in [1.165, 1.54) is 5.56 Å². The minimum atomic E-state index is -0.669. The number of rotatable bonds is 3. The highest BCUT2D eigenvalue weighted by atomic mass is 16.4. The van der Waals surface area contributed by atoms with Gasteiger partial charge in [0.1, 0.15) is 0 Å². The first-order chi connectivity index (χ1) is 10.1. The number of likely N-dealkylation sites (tertiary alicyclic amines) is 1. The molecule has 1 saturated heterocycles. The molecule has 110 valence electrons. The van der Waals surface area contributed by atoms with Crippen LogP contribution in [0.15, 0.2) is 30.3 Å². The Morgan fingerprint density at radius 3 is 3.05 bits per heavy atom. The van der Waals surface area contributed by atoms with E-state index in [9.17, 15) is 4.79 Å². The van der Waals surface area contributed by atoms with E-state index in [1.807, 2.05) is 13.0 Å². The van der Waals surface area contributed by atoms with Crippen molar-refractivity contribution in [2.24, 2.45) is 5.92 Å². The van der Waals surface area contributed by atoms with Gasteiger partial charge in [0.15, 0.2) is 0 Å². The molecule has 0 amide bonds. The molecule has 1 aliphatic heterocycles. The molecule has 0 bridgehead atoms. The van der Waals surface area contributed by atoms with Crippen LogP contribution in [-0.2, 0) is 11.3 Å².